The summed E-state index contributed by atoms with van der Waals surface area (Å²) in [6.07, 6.45) is 0. The topological polar surface area (TPSA) is 35.6 Å². The van der Waals surface area contributed by atoms with Gasteiger partial charge in [0, 0.05) is 49.6 Å². The van der Waals surface area contributed by atoms with Gasteiger partial charge in [0.1, 0.15) is 0 Å². The van der Waals surface area contributed by atoms with Crippen molar-refractivity contribution in [3.63, 3.8) is 0 Å². The van der Waals surface area contributed by atoms with E-state index in [0.29, 0.717) is 5.82 Å². The number of nitrogens with zero attached hydrogens (tertiary/aromatic N) is 4. The zero-order chi connectivity index (χ0) is 39.6. The van der Waals surface area contributed by atoms with Gasteiger partial charge in [0.25, 0.3) is 0 Å². The first-order chi connectivity index (χ1) is 29.8. The van der Waals surface area contributed by atoms with Gasteiger partial charge in [-0.25, -0.2) is 9.97 Å². The molecule has 3 heterocycles. The second kappa shape index (κ2) is 13.8. The highest BCUT2D eigenvalue weighted by Gasteiger charge is 2.21. The van der Waals surface area contributed by atoms with Gasteiger partial charge in [-0.3, -0.25) is 0 Å². The average molecular weight is 765 g/mol. The Morgan fingerprint density at radius 3 is 1.70 bits per heavy atom. The molecular formula is C56H36N4. The highest BCUT2D eigenvalue weighted by Crippen LogP contribution is 2.42. The quantitative estimate of drug-likeness (QED) is 0.169. The molecule has 12 rings (SSSR count). The number of fused-ring (bicyclic) bond motifs is 8. The van der Waals surface area contributed by atoms with Gasteiger partial charge in [0.05, 0.1) is 33.5 Å². The maximum atomic E-state index is 5.31. The minimum Gasteiger partial charge on any atom is -0.309 e. The second-order valence-electron chi connectivity index (χ2n) is 15.3. The first-order valence-electron chi connectivity index (χ1n) is 20.4. The highest BCUT2D eigenvalue weighted by molar-refractivity contribution is 6.26. The number of para-hydroxylation sites is 3. The van der Waals surface area contributed by atoms with Gasteiger partial charge in [-0.15, -0.1) is 0 Å². The summed E-state index contributed by atoms with van der Waals surface area (Å²) in [6, 6.07) is 77.8. The number of hydrogen-bond acceptors (Lipinski definition) is 2. The van der Waals surface area contributed by atoms with Gasteiger partial charge in [0.2, 0.25) is 0 Å². The van der Waals surface area contributed by atoms with Crippen LogP contribution in [0.15, 0.2) is 218 Å². The van der Waals surface area contributed by atoms with E-state index in [9.17, 15) is 0 Å². The molecule has 0 bridgehead atoms. The normalized spacial score (nSPS) is 11.7. The van der Waals surface area contributed by atoms with Crippen LogP contribution in [0.5, 0.6) is 0 Å². The van der Waals surface area contributed by atoms with Crippen molar-refractivity contribution in [2.24, 2.45) is 0 Å². The van der Waals surface area contributed by atoms with E-state index < -0.39 is 0 Å². The van der Waals surface area contributed by atoms with Crippen LogP contribution in [-0.2, 0) is 0 Å². The fourth-order valence-corrected chi connectivity index (χ4v) is 9.26. The number of aromatic nitrogens is 4. The Labute approximate surface area is 346 Å². The van der Waals surface area contributed by atoms with Crippen molar-refractivity contribution < 1.29 is 0 Å². The van der Waals surface area contributed by atoms with Crippen molar-refractivity contribution in [2.45, 2.75) is 0 Å². The zero-order valence-corrected chi connectivity index (χ0v) is 32.6. The van der Waals surface area contributed by atoms with Crippen molar-refractivity contribution in [3.8, 4) is 56.4 Å². The molecular weight excluding hydrogens is 729 g/mol. The maximum absolute atomic E-state index is 5.31. The third kappa shape index (κ3) is 5.39. The molecule has 0 aliphatic rings. The predicted octanol–water partition coefficient (Wildman–Crippen LogP) is 14.5. The molecule has 0 N–H and O–H groups in total. The van der Waals surface area contributed by atoms with E-state index in [1.54, 1.807) is 0 Å². The van der Waals surface area contributed by atoms with Gasteiger partial charge < -0.3 is 9.13 Å². The van der Waals surface area contributed by atoms with E-state index >= 15 is 0 Å². The molecule has 60 heavy (non-hydrogen) atoms. The van der Waals surface area contributed by atoms with Gasteiger partial charge in [0.15, 0.2) is 5.82 Å². The second-order valence-corrected chi connectivity index (χ2v) is 15.3. The van der Waals surface area contributed by atoms with E-state index in [1.165, 1.54) is 54.4 Å². The standard InChI is InChI=1S/C56H36N4/c1-3-17-39(18-4-1)49-36-50(44-27-15-19-37-16-7-8-22-42(37)44)58-56(57-49)47-25-10-9-23-43(47)38-30-32-41(33-31-38)59-52-29-14-12-26-48(52)54-53(59)35-34-46-45-24-11-13-28-51(45)60(55(46)54)40-20-5-2-6-21-40/h1-36H. The van der Waals surface area contributed by atoms with Crippen LogP contribution in [0.1, 0.15) is 0 Å². The molecule has 280 valence electrons. The van der Waals surface area contributed by atoms with Crippen LogP contribution < -0.4 is 0 Å². The first kappa shape index (κ1) is 34.0. The van der Waals surface area contributed by atoms with Crippen LogP contribution in [0, 0.1) is 0 Å². The average Bonchev–Trinajstić information content (AvgIpc) is 3.85. The summed E-state index contributed by atoms with van der Waals surface area (Å²) in [5.74, 6) is 0.694. The molecule has 0 spiro atoms. The van der Waals surface area contributed by atoms with Gasteiger partial charge in [-0.05, 0) is 70.4 Å². The Morgan fingerprint density at radius 1 is 0.317 bits per heavy atom. The molecule has 4 heteroatoms. The molecule has 0 amide bonds. The minimum absolute atomic E-state index is 0.694. The summed E-state index contributed by atoms with van der Waals surface area (Å²) in [5.41, 5.74) is 14.1. The number of hydrogen-bond donors (Lipinski definition) is 0. The first-order valence-corrected chi connectivity index (χ1v) is 20.4. The van der Waals surface area contributed by atoms with Crippen LogP contribution in [0.4, 0.5) is 0 Å². The Bertz CT molecular complexity index is 3580. The Hall–Kier alpha value is -8.08. The molecule has 3 aromatic heterocycles. The molecule has 9 aromatic carbocycles. The number of benzene rings is 9. The monoisotopic (exact) mass is 764 g/mol. The van der Waals surface area contributed by atoms with Crippen LogP contribution in [-0.4, -0.2) is 19.1 Å². The van der Waals surface area contributed by atoms with E-state index in [0.717, 1.165) is 50.6 Å². The van der Waals surface area contributed by atoms with Crippen molar-refractivity contribution in [3.05, 3.63) is 218 Å². The summed E-state index contributed by atoms with van der Waals surface area (Å²) in [4.78, 5) is 10.6. The fourth-order valence-electron chi connectivity index (χ4n) is 9.26. The Morgan fingerprint density at radius 2 is 0.900 bits per heavy atom. The van der Waals surface area contributed by atoms with E-state index in [-0.39, 0.29) is 0 Å². The van der Waals surface area contributed by atoms with E-state index in [1.807, 2.05) is 6.07 Å². The molecule has 0 fully saturated rings. The third-order valence-corrected chi connectivity index (χ3v) is 12.0. The Kier molecular flexibility index (Phi) is 7.82. The molecule has 0 radical (unpaired) electrons. The highest BCUT2D eigenvalue weighted by atomic mass is 15.0. The zero-order valence-electron chi connectivity index (χ0n) is 32.6. The molecule has 0 aliphatic carbocycles. The molecule has 0 atom stereocenters. The van der Waals surface area contributed by atoms with Crippen LogP contribution >= 0.6 is 0 Å². The lowest BCUT2D eigenvalue weighted by molar-refractivity contribution is 1.17. The lowest BCUT2D eigenvalue weighted by Gasteiger charge is -2.14. The molecule has 0 saturated carbocycles. The van der Waals surface area contributed by atoms with E-state index in [4.69, 9.17) is 9.97 Å². The van der Waals surface area contributed by atoms with Crippen LogP contribution in [0.2, 0.25) is 0 Å². The van der Waals surface area contributed by atoms with Crippen molar-refractivity contribution in [2.75, 3.05) is 0 Å². The Balaban J connectivity index is 1.02. The molecule has 0 aliphatic heterocycles. The van der Waals surface area contributed by atoms with Crippen LogP contribution in [0.25, 0.3) is 111 Å². The molecule has 12 aromatic rings. The van der Waals surface area contributed by atoms with Crippen molar-refractivity contribution >= 4 is 54.4 Å². The summed E-state index contributed by atoms with van der Waals surface area (Å²) in [6.45, 7) is 0. The predicted molar refractivity (Wildman–Crippen MR) is 250 cm³/mol. The maximum Gasteiger partial charge on any atom is 0.161 e. The number of rotatable bonds is 6. The lowest BCUT2D eigenvalue weighted by atomic mass is 9.97. The molecule has 4 nitrogen and oxygen atoms in total. The molecule has 0 unspecified atom stereocenters. The van der Waals surface area contributed by atoms with Gasteiger partial charge in [-0.1, -0.05) is 170 Å². The summed E-state index contributed by atoms with van der Waals surface area (Å²) >= 11 is 0. The minimum atomic E-state index is 0.694. The summed E-state index contributed by atoms with van der Waals surface area (Å²) in [7, 11) is 0. The largest absolute Gasteiger partial charge is 0.309 e. The molecule has 0 saturated heterocycles. The smallest absolute Gasteiger partial charge is 0.161 e. The summed E-state index contributed by atoms with van der Waals surface area (Å²) in [5, 5.41) is 7.32. The van der Waals surface area contributed by atoms with Crippen molar-refractivity contribution in [1.29, 1.82) is 0 Å². The lowest BCUT2D eigenvalue weighted by Crippen LogP contribution is -1.98. The van der Waals surface area contributed by atoms with Gasteiger partial charge in [-0.2, -0.15) is 0 Å². The SMILES string of the molecule is c1ccc(-c2cc(-c3cccc4ccccc34)nc(-c3ccccc3-c3ccc(-n4c5ccccc5c5c4ccc4c6ccccc6n(-c6ccccc6)c45)cc3)n2)cc1. The van der Waals surface area contributed by atoms with Gasteiger partial charge >= 0.3 is 0 Å². The van der Waals surface area contributed by atoms with Crippen LogP contribution in [0.3, 0.4) is 0 Å². The fraction of sp³-hybridized carbons (Fsp3) is 0. The third-order valence-electron chi connectivity index (χ3n) is 12.0. The van der Waals surface area contributed by atoms with Crippen molar-refractivity contribution in [1.82, 2.24) is 19.1 Å². The van der Waals surface area contributed by atoms with E-state index in [2.05, 4.69) is 221 Å². The summed E-state index contributed by atoms with van der Waals surface area (Å²) < 4.78 is 4.85.